The maximum atomic E-state index is 13.1. The molecule has 1 atom stereocenters. The summed E-state index contributed by atoms with van der Waals surface area (Å²) in [6.45, 7) is 0.266. The monoisotopic (exact) mass is 516 g/mol. The van der Waals surface area contributed by atoms with Gasteiger partial charge in [0.2, 0.25) is 5.54 Å². The van der Waals surface area contributed by atoms with Gasteiger partial charge < -0.3 is 21.9 Å². The number of aliphatic carboxylic acids is 1. The second kappa shape index (κ2) is 11.0. The van der Waals surface area contributed by atoms with Crippen LogP contribution in [0.1, 0.15) is 37.4 Å². The first-order valence-electron chi connectivity index (χ1n) is 11.1. The third-order valence-electron chi connectivity index (χ3n) is 6.03. The molecule has 0 aliphatic rings. The molecular weight excluding hydrogens is 492 g/mol. The molecular formula is C28H25ClN4O4. The van der Waals surface area contributed by atoms with Crippen LogP contribution in [0.4, 0.5) is 0 Å². The van der Waals surface area contributed by atoms with Crippen molar-refractivity contribution >= 4 is 46.7 Å². The fourth-order valence-corrected chi connectivity index (χ4v) is 3.98. The van der Waals surface area contributed by atoms with Crippen molar-refractivity contribution < 1.29 is 19.5 Å². The van der Waals surface area contributed by atoms with E-state index in [1.165, 1.54) is 24.3 Å². The summed E-state index contributed by atoms with van der Waals surface area (Å²) in [7, 11) is 0. The lowest BCUT2D eigenvalue weighted by Crippen LogP contribution is -2.51. The summed E-state index contributed by atoms with van der Waals surface area (Å²) in [6, 6.07) is 24.7. The molecule has 8 nitrogen and oxygen atoms in total. The second-order valence-corrected chi connectivity index (χ2v) is 8.34. The lowest BCUT2D eigenvalue weighted by Gasteiger charge is -2.24. The molecule has 0 aliphatic heterocycles. The van der Waals surface area contributed by atoms with Crippen molar-refractivity contribution in [1.29, 1.82) is 5.41 Å². The lowest BCUT2D eigenvalue weighted by atomic mass is 9.82. The summed E-state index contributed by atoms with van der Waals surface area (Å²) >= 11 is 0. The number of carboxylic acids is 1. The highest BCUT2D eigenvalue weighted by Crippen LogP contribution is 2.29. The average Bonchev–Trinajstić information content (AvgIpc) is 2.90. The van der Waals surface area contributed by atoms with Crippen LogP contribution in [0, 0.1) is 5.41 Å². The van der Waals surface area contributed by atoms with Gasteiger partial charge in [-0.25, -0.2) is 4.79 Å². The van der Waals surface area contributed by atoms with Crippen LogP contribution < -0.4 is 16.8 Å². The lowest BCUT2D eigenvalue weighted by molar-refractivity contribution is -0.141. The number of carboxylic acid groups (broad SMARTS) is 1. The van der Waals surface area contributed by atoms with E-state index in [0.717, 1.165) is 5.56 Å². The molecule has 0 radical (unpaired) electrons. The zero-order valence-corrected chi connectivity index (χ0v) is 20.4. The molecule has 9 heteroatoms. The van der Waals surface area contributed by atoms with Gasteiger partial charge in [-0.2, -0.15) is 0 Å². The highest BCUT2D eigenvalue weighted by atomic mass is 35.5. The minimum Gasteiger partial charge on any atom is -0.479 e. The van der Waals surface area contributed by atoms with Gasteiger partial charge in [-0.05, 0) is 34.0 Å². The average molecular weight is 517 g/mol. The van der Waals surface area contributed by atoms with Gasteiger partial charge in [0.05, 0.1) is 0 Å². The van der Waals surface area contributed by atoms with Crippen molar-refractivity contribution in [2.45, 2.75) is 12.1 Å². The minimum absolute atomic E-state index is 0. The van der Waals surface area contributed by atoms with Crippen LogP contribution in [-0.4, -0.2) is 28.6 Å². The second-order valence-electron chi connectivity index (χ2n) is 8.34. The van der Waals surface area contributed by atoms with E-state index in [-0.39, 0.29) is 41.8 Å². The van der Waals surface area contributed by atoms with E-state index in [4.69, 9.17) is 16.9 Å². The van der Waals surface area contributed by atoms with Gasteiger partial charge >= 0.3 is 5.97 Å². The van der Waals surface area contributed by atoms with E-state index in [2.05, 4.69) is 5.32 Å². The molecule has 0 spiro atoms. The molecule has 0 fully saturated rings. The summed E-state index contributed by atoms with van der Waals surface area (Å²) in [4.78, 5) is 38.3. The van der Waals surface area contributed by atoms with E-state index in [1.807, 2.05) is 0 Å². The molecule has 1 amide bonds. The van der Waals surface area contributed by atoms with Crippen molar-refractivity contribution in [2.75, 3.05) is 0 Å². The fourth-order valence-electron chi connectivity index (χ4n) is 3.98. The number of fused-ring (bicyclic) bond motifs is 1. The van der Waals surface area contributed by atoms with Crippen molar-refractivity contribution in [2.24, 2.45) is 11.5 Å². The maximum absolute atomic E-state index is 13.1. The Morgan fingerprint density at radius 3 is 2.16 bits per heavy atom. The highest BCUT2D eigenvalue weighted by molar-refractivity contribution is 6.17. The Morgan fingerprint density at radius 1 is 0.865 bits per heavy atom. The Labute approximate surface area is 219 Å². The molecule has 0 saturated heterocycles. The summed E-state index contributed by atoms with van der Waals surface area (Å²) in [5, 5.41) is 21.4. The number of carbonyl (C=O) groups excluding carboxylic acids is 2. The van der Waals surface area contributed by atoms with Crippen LogP contribution in [0.15, 0.2) is 91.0 Å². The molecule has 0 aliphatic carbocycles. The summed E-state index contributed by atoms with van der Waals surface area (Å²) < 4.78 is 0. The number of nitrogen functional groups attached to an aromatic ring is 1. The van der Waals surface area contributed by atoms with Gasteiger partial charge in [0, 0.05) is 23.2 Å². The maximum Gasteiger partial charge on any atom is 0.336 e. The van der Waals surface area contributed by atoms with E-state index in [0.29, 0.717) is 21.9 Å². The number of nitrogens with two attached hydrogens (primary N) is 2. The van der Waals surface area contributed by atoms with Gasteiger partial charge in [0.1, 0.15) is 5.84 Å². The molecule has 188 valence electrons. The smallest absolute Gasteiger partial charge is 0.336 e. The van der Waals surface area contributed by atoms with Gasteiger partial charge in [0.15, 0.2) is 5.78 Å². The number of nitrogens with one attached hydrogen (secondary N) is 2. The van der Waals surface area contributed by atoms with Crippen LogP contribution in [0.25, 0.3) is 10.8 Å². The molecule has 7 N–H and O–H groups in total. The van der Waals surface area contributed by atoms with E-state index >= 15 is 0 Å². The van der Waals surface area contributed by atoms with E-state index in [9.17, 15) is 19.5 Å². The van der Waals surface area contributed by atoms with Crippen molar-refractivity contribution in [1.82, 2.24) is 5.32 Å². The predicted octanol–water partition coefficient (Wildman–Crippen LogP) is 3.60. The first-order valence-corrected chi connectivity index (χ1v) is 11.1. The number of amidine groups is 1. The predicted molar refractivity (Wildman–Crippen MR) is 144 cm³/mol. The molecule has 0 bridgehead atoms. The van der Waals surface area contributed by atoms with Crippen LogP contribution in [-0.2, 0) is 16.9 Å². The SMILES string of the molecule is Cl.N=C(N)c1ccc(CNC(=O)c2cccc3cc(C(N)(C(=O)O)C(=O)c4ccccc4)ccc23)cc1. The highest BCUT2D eigenvalue weighted by Gasteiger charge is 2.44. The number of hydrogen-bond acceptors (Lipinski definition) is 5. The molecule has 0 saturated carbocycles. The molecule has 4 rings (SSSR count). The molecule has 0 heterocycles. The molecule has 0 aromatic heterocycles. The Balaban J connectivity index is 0.00000380. The number of benzene rings is 4. The first kappa shape index (κ1) is 27.1. The molecule has 4 aromatic carbocycles. The molecule has 37 heavy (non-hydrogen) atoms. The Bertz CT molecular complexity index is 1490. The molecule has 1 unspecified atom stereocenters. The number of carbonyl (C=O) groups is 3. The fraction of sp³-hybridized carbons (Fsp3) is 0.0714. The van der Waals surface area contributed by atoms with Crippen LogP contribution in [0.2, 0.25) is 0 Å². The standard InChI is InChI=1S/C28H24N4O4.ClH/c29-25(30)19-11-9-17(10-12-19)16-32-26(34)23-8-4-7-20-15-21(13-14-22(20)23)28(31,27(35)36)24(33)18-5-2-1-3-6-18;/h1-15H,16,31H2,(H3,29,30)(H,32,34)(H,35,36);1H. The number of ketones is 1. The zero-order chi connectivity index (χ0) is 25.9. The van der Waals surface area contributed by atoms with Crippen molar-refractivity contribution in [3.05, 3.63) is 119 Å². The first-order chi connectivity index (χ1) is 17.2. The number of Topliss-reactive ketones (excluding diaryl/α,β-unsaturated/α-hetero) is 1. The van der Waals surface area contributed by atoms with Crippen molar-refractivity contribution in [3.8, 4) is 0 Å². The Hall–Kier alpha value is -4.53. The van der Waals surface area contributed by atoms with Gasteiger partial charge in [-0.3, -0.25) is 15.0 Å². The summed E-state index contributed by atoms with van der Waals surface area (Å²) in [6.07, 6.45) is 0. The largest absolute Gasteiger partial charge is 0.479 e. The van der Waals surface area contributed by atoms with Crippen LogP contribution in [0.3, 0.4) is 0 Å². The van der Waals surface area contributed by atoms with Gasteiger partial charge in [0.25, 0.3) is 5.91 Å². The van der Waals surface area contributed by atoms with E-state index in [1.54, 1.807) is 66.7 Å². The number of halogens is 1. The number of rotatable bonds is 8. The van der Waals surface area contributed by atoms with Crippen LogP contribution in [0.5, 0.6) is 0 Å². The normalized spacial score (nSPS) is 12.1. The third-order valence-corrected chi connectivity index (χ3v) is 6.03. The Morgan fingerprint density at radius 2 is 1.54 bits per heavy atom. The summed E-state index contributed by atoms with van der Waals surface area (Å²) in [5.41, 5.74) is 11.5. The number of hydrogen-bond donors (Lipinski definition) is 5. The number of amides is 1. The Kier molecular flexibility index (Phi) is 8.07. The van der Waals surface area contributed by atoms with Crippen LogP contribution >= 0.6 is 12.4 Å². The van der Waals surface area contributed by atoms with Crippen molar-refractivity contribution in [3.63, 3.8) is 0 Å². The minimum atomic E-state index is -2.29. The zero-order valence-electron chi connectivity index (χ0n) is 19.6. The quantitative estimate of drug-likeness (QED) is 0.104. The van der Waals surface area contributed by atoms with E-state index < -0.39 is 17.3 Å². The summed E-state index contributed by atoms with van der Waals surface area (Å²) in [5.74, 6) is -2.56. The van der Waals surface area contributed by atoms with Gasteiger partial charge in [-0.1, -0.05) is 78.9 Å². The third kappa shape index (κ3) is 5.35. The topological polar surface area (TPSA) is 159 Å². The molecule has 4 aromatic rings. The van der Waals surface area contributed by atoms with Gasteiger partial charge in [-0.15, -0.1) is 12.4 Å².